The molecule has 1 saturated heterocycles. The molecule has 0 radical (unpaired) electrons. The summed E-state index contributed by atoms with van der Waals surface area (Å²) in [5.41, 5.74) is 0. The Morgan fingerprint density at radius 3 is 2.65 bits per heavy atom. The summed E-state index contributed by atoms with van der Waals surface area (Å²) in [5.74, 6) is 2.39. The molecule has 0 spiro atoms. The van der Waals surface area contributed by atoms with Gasteiger partial charge in [0.15, 0.2) is 0 Å². The molecule has 1 unspecified atom stereocenters. The van der Waals surface area contributed by atoms with Gasteiger partial charge in [0.05, 0.1) is 6.20 Å². The maximum atomic E-state index is 5.76. The number of pyridine rings is 1. The van der Waals surface area contributed by atoms with Crippen LogP contribution in [0, 0.1) is 0 Å². The summed E-state index contributed by atoms with van der Waals surface area (Å²) in [4.78, 5) is 4.02. The van der Waals surface area contributed by atoms with Crippen molar-refractivity contribution in [1.82, 2.24) is 10.3 Å². The fourth-order valence-electron chi connectivity index (χ4n) is 2.24. The molecule has 1 aromatic heterocycles. The smallest absolute Gasteiger partial charge is 0.145 e. The third kappa shape index (κ3) is 3.48. The second kappa shape index (κ2) is 6.39. The van der Waals surface area contributed by atoms with E-state index < -0.39 is 0 Å². The molecule has 20 heavy (non-hydrogen) atoms. The van der Waals surface area contributed by atoms with Gasteiger partial charge in [-0.1, -0.05) is 0 Å². The molecule has 0 amide bonds. The number of benzene rings is 1. The van der Waals surface area contributed by atoms with Gasteiger partial charge in [-0.25, -0.2) is 0 Å². The normalized spacial score (nSPS) is 17.9. The zero-order valence-corrected chi connectivity index (χ0v) is 11.3. The van der Waals surface area contributed by atoms with Crippen molar-refractivity contribution in [3.05, 3.63) is 48.8 Å². The summed E-state index contributed by atoms with van der Waals surface area (Å²) >= 11 is 0. The monoisotopic (exact) mass is 270 g/mol. The quantitative estimate of drug-likeness (QED) is 0.907. The Kier molecular flexibility index (Phi) is 4.13. The summed E-state index contributed by atoms with van der Waals surface area (Å²) in [6.45, 7) is 1.83. The van der Waals surface area contributed by atoms with Gasteiger partial charge in [0.25, 0.3) is 0 Å². The number of nitrogens with one attached hydrogen (secondary N) is 1. The molecule has 2 aromatic rings. The number of hydrogen-bond acceptors (Lipinski definition) is 4. The van der Waals surface area contributed by atoms with Crippen LogP contribution in [-0.4, -0.2) is 24.2 Å². The number of aromatic nitrogens is 1. The number of hydrogen-bond donors (Lipinski definition) is 1. The molecule has 4 heteroatoms. The predicted octanol–water partition coefficient (Wildman–Crippen LogP) is 3.00. The van der Waals surface area contributed by atoms with Crippen LogP contribution in [-0.2, 0) is 0 Å². The molecule has 0 bridgehead atoms. The number of ether oxygens (including phenoxy) is 2. The Morgan fingerprint density at radius 2 is 1.95 bits per heavy atom. The standard InChI is InChI=1S/C16H18N2O2/c1-3-13(18-10-1)12-19-14-5-7-15(8-6-14)20-16-4-2-9-17-11-16/h2,4-9,11,13,18H,1,3,10,12H2. The summed E-state index contributed by atoms with van der Waals surface area (Å²) in [7, 11) is 0. The van der Waals surface area contributed by atoms with Crippen molar-refractivity contribution in [3.8, 4) is 17.2 Å². The Hall–Kier alpha value is -2.07. The van der Waals surface area contributed by atoms with Crippen molar-refractivity contribution < 1.29 is 9.47 Å². The van der Waals surface area contributed by atoms with E-state index in [0.717, 1.165) is 30.4 Å². The van der Waals surface area contributed by atoms with Gasteiger partial charge in [-0.15, -0.1) is 0 Å². The van der Waals surface area contributed by atoms with Gasteiger partial charge in [0, 0.05) is 12.2 Å². The third-order valence-corrected chi connectivity index (χ3v) is 3.31. The first-order chi connectivity index (χ1) is 9.90. The first-order valence-corrected chi connectivity index (χ1v) is 6.94. The zero-order valence-electron chi connectivity index (χ0n) is 11.3. The van der Waals surface area contributed by atoms with Gasteiger partial charge in [0.2, 0.25) is 0 Å². The summed E-state index contributed by atoms with van der Waals surface area (Å²) < 4.78 is 11.4. The maximum Gasteiger partial charge on any atom is 0.145 e. The Labute approximate surface area is 118 Å². The molecule has 1 atom stereocenters. The predicted molar refractivity (Wildman–Crippen MR) is 77.3 cm³/mol. The molecular formula is C16H18N2O2. The highest BCUT2D eigenvalue weighted by atomic mass is 16.5. The molecule has 0 saturated carbocycles. The molecule has 3 rings (SSSR count). The van der Waals surface area contributed by atoms with Gasteiger partial charge in [-0.3, -0.25) is 4.98 Å². The largest absolute Gasteiger partial charge is 0.492 e. The first-order valence-electron chi connectivity index (χ1n) is 6.94. The molecule has 1 aliphatic heterocycles. The highest BCUT2D eigenvalue weighted by molar-refractivity contribution is 5.34. The minimum Gasteiger partial charge on any atom is -0.492 e. The summed E-state index contributed by atoms with van der Waals surface area (Å²) in [5, 5.41) is 3.41. The van der Waals surface area contributed by atoms with Gasteiger partial charge in [-0.2, -0.15) is 0 Å². The highest BCUT2D eigenvalue weighted by Crippen LogP contribution is 2.23. The van der Waals surface area contributed by atoms with E-state index >= 15 is 0 Å². The van der Waals surface area contributed by atoms with Crippen molar-refractivity contribution in [3.63, 3.8) is 0 Å². The first kappa shape index (κ1) is 12.9. The van der Waals surface area contributed by atoms with Crippen LogP contribution < -0.4 is 14.8 Å². The van der Waals surface area contributed by atoms with Crippen LogP contribution in [0.1, 0.15) is 12.8 Å². The van der Waals surface area contributed by atoms with Crippen LogP contribution in [0.3, 0.4) is 0 Å². The van der Waals surface area contributed by atoms with Gasteiger partial charge >= 0.3 is 0 Å². The van der Waals surface area contributed by atoms with Gasteiger partial charge in [0.1, 0.15) is 23.9 Å². The number of rotatable bonds is 5. The molecule has 4 nitrogen and oxygen atoms in total. The van der Waals surface area contributed by atoms with Crippen LogP contribution in [0.2, 0.25) is 0 Å². The lowest BCUT2D eigenvalue weighted by Crippen LogP contribution is -2.28. The lowest BCUT2D eigenvalue weighted by molar-refractivity contribution is 0.277. The van der Waals surface area contributed by atoms with Crippen LogP contribution in [0.25, 0.3) is 0 Å². The fourth-order valence-corrected chi connectivity index (χ4v) is 2.24. The van der Waals surface area contributed by atoms with E-state index in [9.17, 15) is 0 Å². The average molecular weight is 270 g/mol. The molecule has 1 aliphatic rings. The van der Waals surface area contributed by atoms with E-state index in [4.69, 9.17) is 9.47 Å². The number of nitrogens with zero attached hydrogens (tertiary/aromatic N) is 1. The minimum atomic E-state index is 0.487. The van der Waals surface area contributed by atoms with Crippen molar-refractivity contribution in [2.45, 2.75) is 18.9 Å². The van der Waals surface area contributed by atoms with Crippen molar-refractivity contribution >= 4 is 0 Å². The van der Waals surface area contributed by atoms with Crippen LogP contribution in [0.15, 0.2) is 48.8 Å². The van der Waals surface area contributed by atoms with Crippen molar-refractivity contribution in [2.24, 2.45) is 0 Å². The zero-order chi connectivity index (χ0) is 13.6. The van der Waals surface area contributed by atoms with E-state index in [-0.39, 0.29) is 0 Å². The lowest BCUT2D eigenvalue weighted by atomic mass is 10.2. The van der Waals surface area contributed by atoms with Crippen LogP contribution in [0.5, 0.6) is 17.2 Å². The molecular weight excluding hydrogens is 252 g/mol. The Morgan fingerprint density at radius 1 is 1.10 bits per heavy atom. The molecule has 1 aromatic carbocycles. The lowest BCUT2D eigenvalue weighted by Gasteiger charge is -2.12. The summed E-state index contributed by atoms with van der Waals surface area (Å²) in [6.07, 6.45) is 5.85. The molecule has 2 heterocycles. The third-order valence-electron chi connectivity index (χ3n) is 3.31. The van der Waals surface area contributed by atoms with E-state index in [1.165, 1.54) is 12.8 Å². The average Bonchev–Trinajstić information content (AvgIpc) is 3.01. The molecule has 1 fully saturated rings. The van der Waals surface area contributed by atoms with Gasteiger partial charge in [-0.05, 0) is 55.8 Å². The summed E-state index contributed by atoms with van der Waals surface area (Å²) in [6, 6.07) is 11.9. The highest BCUT2D eigenvalue weighted by Gasteiger charge is 2.14. The Balaban J connectivity index is 1.54. The fraction of sp³-hybridized carbons (Fsp3) is 0.312. The van der Waals surface area contributed by atoms with Gasteiger partial charge < -0.3 is 14.8 Å². The minimum absolute atomic E-state index is 0.487. The Bertz CT molecular complexity index is 522. The van der Waals surface area contributed by atoms with Crippen molar-refractivity contribution in [1.29, 1.82) is 0 Å². The van der Waals surface area contributed by atoms with E-state index in [1.807, 2.05) is 36.4 Å². The topological polar surface area (TPSA) is 43.4 Å². The second-order valence-corrected chi connectivity index (χ2v) is 4.87. The van der Waals surface area contributed by atoms with E-state index in [2.05, 4.69) is 10.3 Å². The molecule has 1 N–H and O–H groups in total. The maximum absolute atomic E-state index is 5.76. The van der Waals surface area contributed by atoms with Crippen LogP contribution in [0.4, 0.5) is 0 Å². The molecule has 104 valence electrons. The van der Waals surface area contributed by atoms with E-state index in [0.29, 0.717) is 6.04 Å². The van der Waals surface area contributed by atoms with E-state index in [1.54, 1.807) is 12.4 Å². The second-order valence-electron chi connectivity index (χ2n) is 4.87. The van der Waals surface area contributed by atoms with Crippen LogP contribution >= 0.6 is 0 Å². The molecule has 0 aliphatic carbocycles. The van der Waals surface area contributed by atoms with Crippen molar-refractivity contribution in [2.75, 3.05) is 13.2 Å². The SMILES string of the molecule is c1cncc(Oc2ccc(OCC3CCCN3)cc2)c1.